The fourth-order valence-corrected chi connectivity index (χ4v) is 5.79. The third-order valence-electron chi connectivity index (χ3n) is 6.67. The highest BCUT2D eigenvalue weighted by atomic mass is 32.2. The van der Waals surface area contributed by atoms with Crippen molar-refractivity contribution < 1.29 is 22.4 Å². The summed E-state index contributed by atoms with van der Waals surface area (Å²) in [6.45, 7) is 2.20. The van der Waals surface area contributed by atoms with Crippen LogP contribution in [0.1, 0.15) is 57.4 Å². The van der Waals surface area contributed by atoms with Crippen molar-refractivity contribution in [3.63, 3.8) is 0 Å². The Balaban J connectivity index is 1.68. The standard InChI is InChI=1S/C27H36FN3O4S/c1-3-25(27(33)29-23-10-7-8-11-23)31(20-21-15-17-22(28)18-16-21)26(32)14-9-19-30(2)36(34,35)24-12-5-4-6-13-24/h4-6,12-13,15-18,23,25H,3,7-11,14,19-20H2,1-2H3,(H,29,33). The first-order valence-corrected chi connectivity index (χ1v) is 14.0. The van der Waals surface area contributed by atoms with Crippen LogP contribution in [0.3, 0.4) is 0 Å². The van der Waals surface area contributed by atoms with Gasteiger partial charge in [0.2, 0.25) is 21.8 Å². The summed E-state index contributed by atoms with van der Waals surface area (Å²) in [4.78, 5) is 28.2. The van der Waals surface area contributed by atoms with E-state index < -0.39 is 16.1 Å². The maximum atomic E-state index is 13.4. The van der Waals surface area contributed by atoms with Crippen molar-refractivity contribution in [3.8, 4) is 0 Å². The Morgan fingerprint density at radius 3 is 2.31 bits per heavy atom. The van der Waals surface area contributed by atoms with Gasteiger partial charge in [0, 0.05) is 32.6 Å². The molecule has 1 aliphatic carbocycles. The highest BCUT2D eigenvalue weighted by molar-refractivity contribution is 7.89. The fourth-order valence-electron chi connectivity index (χ4n) is 4.56. The van der Waals surface area contributed by atoms with Crippen LogP contribution < -0.4 is 5.32 Å². The van der Waals surface area contributed by atoms with E-state index >= 15 is 0 Å². The average molecular weight is 518 g/mol. The van der Waals surface area contributed by atoms with Crippen LogP contribution in [0.5, 0.6) is 0 Å². The van der Waals surface area contributed by atoms with Crippen molar-refractivity contribution in [2.45, 2.75) is 75.4 Å². The van der Waals surface area contributed by atoms with Gasteiger partial charge in [-0.15, -0.1) is 0 Å². The fraction of sp³-hybridized carbons (Fsp3) is 0.481. The second-order valence-electron chi connectivity index (χ2n) is 9.31. The number of benzene rings is 2. The van der Waals surface area contributed by atoms with Crippen LogP contribution in [0, 0.1) is 5.82 Å². The molecule has 2 aromatic rings. The summed E-state index contributed by atoms with van der Waals surface area (Å²) in [5.74, 6) is -0.785. The molecule has 1 saturated carbocycles. The molecule has 2 aromatic carbocycles. The molecule has 36 heavy (non-hydrogen) atoms. The van der Waals surface area contributed by atoms with Crippen molar-refractivity contribution in [1.82, 2.24) is 14.5 Å². The maximum Gasteiger partial charge on any atom is 0.243 e. The van der Waals surface area contributed by atoms with Gasteiger partial charge < -0.3 is 10.2 Å². The number of amides is 2. The molecule has 1 fully saturated rings. The summed E-state index contributed by atoms with van der Waals surface area (Å²) in [5, 5.41) is 3.09. The molecular formula is C27H36FN3O4S. The minimum Gasteiger partial charge on any atom is -0.352 e. The smallest absolute Gasteiger partial charge is 0.243 e. The zero-order valence-corrected chi connectivity index (χ0v) is 21.8. The molecule has 196 valence electrons. The number of hydrogen-bond donors (Lipinski definition) is 1. The number of rotatable bonds is 12. The quantitative estimate of drug-likeness (QED) is 0.459. The molecule has 1 unspecified atom stereocenters. The van der Waals surface area contributed by atoms with E-state index in [1.807, 2.05) is 6.92 Å². The molecule has 0 aromatic heterocycles. The lowest BCUT2D eigenvalue weighted by molar-refractivity contribution is -0.141. The number of hydrogen-bond acceptors (Lipinski definition) is 4. The highest BCUT2D eigenvalue weighted by Crippen LogP contribution is 2.20. The molecule has 0 aliphatic heterocycles. The second-order valence-corrected chi connectivity index (χ2v) is 11.4. The number of halogens is 1. The molecule has 9 heteroatoms. The van der Waals surface area contributed by atoms with Gasteiger partial charge >= 0.3 is 0 Å². The third-order valence-corrected chi connectivity index (χ3v) is 8.54. The number of sulfonamides is 1. The highest BCUT2D eigenvalue weighted by Gasteiger charge is 2.30. The van der Waals surface area contributed by atoms with Gasteiger partial charge in [0.15, 0.2) is 0 Å². The van der Waals surface area contributed by atoms with Gasteiger partial charge in [-0.2, -0.15) is 0 Å². The van der Waals surface area contributed by atoms with Crippen molar-refractivity contribution in [2.75, 3.05) is 13.6 Å². The number of carbonyl (C=O) groups is 2. The van der Waals surface area contributed by atoms with E-state index in [9.17, 15) is 22.4 Å². The lowest BCUT2D eigenvalue weighted by Crippen LogP contribution is -2.51. The van der Waals surface area contributed by atoms with Crippen LogP contribution in [0.15, 0.2) is 59.5 Å². The summed E-state index contributed by atoms with van der Waals surface area (Å²) in [5.41, 5.74) is 0.723. The van der Waals surface area contributed by atoms with E-state index in [1.54, 1.807) is 35.2 Å². The van der Waals surface area contributed by atoms with Gasteiger partial charge in [-0.1, -0.05) is 50.1 Å². The Bertz CT molecular complexity index is 1100. The Morgan fingerprint density at radius 2 is 1.69 bits per heavy atom. The Kier molecular flexibility index (Phi) is 10.0. The van der Waals surface area contributed by atoms with Crippen LogP contribution in [0.2, 0.25) is 0 Å². The first-order chi connectivity index (χ1) is 17.2. The third kappa shape index (κ3) is 7.36. The molecule has 0 spiro atoms. The van der Waals surface area contributed by atoms with E-state index in [4.69, 9.17) is 0 Å². The normalized spacial score (nSPS) is 15.1. The molecule has 0 bridgehead atoms. The lowest BCUT2D eigenvalue weighted by Gasteiger charge is -2.31. The van der Waals surface area contributed by atoms with E-state index in [0.29, 0.717) is 12.8 Å². The summed E-state index contributed by atoms with van der Waals surface area (Å²) in [6.07, 6.45) is 4.88. The van der Waals surface area contributed by atoms with E-state index in [-0.39, 0.29) is 48.1 Å². The van der Waals surface area contributed by atoms with Gasteiger partial charge in [0.25, 0.3) is 0 Å². The topological polar surface area (TPSA) is 86.8 Å². The number of nitrogens with one attached hydrogen (secondary N) is 1. The molecule has 7 nitrogen and oxygen atoms in total. The van der Waals surface area contributed by atoms with Crippen LogP contribution in [0.4, 0.5) is 4.39 Å². The molecule has 1 aliphatic rings. The van der Waals surface area contributed by atoms with Crippen molar-refractivity contribution in [3.05, 3.63) is 66.0 Å². The van der Waals surface area contributed by atoms with Crippen LogP contribution in [-0.2, 0) is 26.2 Å². The number of nitrogens with zero attached hydrogens (tertiary/aromatic N) is 2. The SMILES string of the molecule is CCC(C(=O)NC1CCCC1)N(Cc1ccc(F)cc1)C(=O)CCCN(C)S(=O)(=O)c1ccccc1. The van der Waals surface area contributed by atoms with Crippen molar-refractivity contribution in [1.29, 1.82) is 0 Å². The maximum absolute atomic E-state index is 13.4. The average Bonchev–Trinajstić information content (AvgIpc) is 3.38. The van der Waals surface area contributed by atoms with Gasteiger partial charge in [0.1, 0.15) is 11.9 Å². The first kappa shape index (κ1) is 27.8. The van der Waals surface area contributed by atoms with E-state index in [0.717, 1.165) is 31.2 Å². The van der Waals surface area contributed by atoms with Gasteiger partial charge in [-0.3, -0.25) is 9.59 Å². The van der Waals surface area contributed by atoms with E-state index in [2.05, 4.69) is 5.32 Å². The summed E-state index contributed by atoms with van der Waals surface area (Å²) in [6, 6.07) is 13.5. The zero-order chi connectivity index (χ0) is 26.1. The minimum atomic E-state index is -3.65. The molecular weight excluding hydrogens is 481 g/mol. The monoisotopic (exact) mass is 517 g/mol. The first-order valence-electron chi connectivity index (χ1n) is 12.6. The molecule has 0 radical (unpaired) electrons. The molecule has 0 saturated heterocycles. The Labute approximate surface area is 213 Å². The molecule has 3 rings (SSSR count). The predicted octanol–water partition coefficient (Wildman–Crippen LogP) is 4.09. The Morgan fingerprint density at radius 1 is 1.06 bits per heavy atom. The minimum absolute atomic E-state index is 0.0864. The zero-order valence-electron chi connectivity index (χ0n) is 21.0. The van der Waals surface area contributed by atoms with Gasteiger partial charge in [-0.25, -0.2) is 17.1 Å². The second kappa shape index (κ2) is 13.0. The van der Waals surface area contributed by atoms with Crippen molar-refractivity contribution >= 4 is 21.8 Å². The molecule has 0 heterocycles. The van der Waals surface area contributed by atoms with Crippen LogP contribution in [0.25, 0.3) is 0 Å². The summed E-state index contributed by atoms with van der Waals surface area (Å²) in [7, 11) is -2.16. The summed E-state index contributed by atoms with van der Waals surface area (Å²) >= 11 is 0. The largest absolute Gasteiger partial charge is 0.352 e. The molecule has 2 amide bonds. The summed E-state index contributed by atoms with van der Waals surface area (Å²) < 4.78 is 40.2. The Hall–Kier alpha value is -2.78. The van der Waals surface area contributed by atoms with Gasteiger partial charge in [0.05, 0.1) is 4.90 Å². The molecule has 1 atom stereocenters. The van der Waals surface area contributed by atoms with Crippen LogP contribution in [-0.4, -0.2) is 55.1 Å². The van der Waals surface area contributed by atoms with E-state index in [1.165, 1.54) is 35.6 Å². The number of carbonyl (C=O) groups excluding carboxylic acids is 2. The predicted molar refractivity (Wildman–Crippen MR) is 137 cm³/mol. The van der Waals surface area contributed by atoms with Gasteiger partial charge in [-0.05, 0) is 55.5 Å². The van der Waals surface area contributed by atoms with Crippen molar-refractivity contribution in [2.24, 2.45) is 0 Å². The molecule has 1 N–H and O–H groups in total. The van der Waals surface area contributed by atoms with Crippen LogP contribution >= 0.6 is 0 Å². The lowest BCUT2D eigenvalue weighted by atomic mass is 10.1.